The van der Waals surface area contributed by atoms with Crippen molar-refractivity contribution in [1.29, 1.82) is 0 Å². The maximum atomic E-state index is 9.31. The van der Waals surface area contributed by atoms with Crippen LogP contribution in [-0.4, -0.2) is 29.4 Å². The molecule has 4 heteroatoms. The van der Waals surface area contributed by atoms with Gasteiger partial charge >= 0.3 is 0 Å². The zero-order chi connectivity index (χ0) is 11.5. The molecule has 0 bridgehead atoms. The molecule has 0 amide bonds. The first-order valence-corrected chi connectivity index (χ1v) is 5.91. The summed E-state index contributed by atoms with van der Waals surface area (Å²) in [6.45, 7) is 1.00. The number of rotatable bonds is 3. The van der Waals surface area contributed by atoms with E-state index in [-0.39, 0.29) is 19.3 Å². The molecule has 1 aliphatic rings. The van der Waals surface area contributed by atoms with Crippen molar-refractivity contribution in [1.82, 2.24) is 0 Å². The first-order valence-electron chi connectivity index (χ1n) is 5.53. The molecule has 0 spiro atoms. The number of anilines is 1. The van der Waals surface area contributed by atoms with Gasteiger partial charge in [-0.15, -0.1) is 0 Å². The number of hydrogen-bond acceptors (Lipinski definition) is 3. The Hall–Kier alpha value is -0.770. The second-order valence-corrected chi connectivity index (χ2v) is 4.48. The van der Waals surface area contributed by atoms with Crippen LogP contribution in [0.2, 0.25) is 5.02 Å². The van der Waals surface area contributed by atoms with Crippen LogP contribution in [0.3, 0.4) is 0 Å². The summed E-state index contributed by atoms with van der Waals surface area (Å²) < 4.78 is 0. The van der Waals surface area contributed by atoms with E-state index in [1.807, 2.05) is 18.2 Å². The molecule has 1 atom stereocenters. The number of nitrogens with zero attached hydrogens (tertiary/aromatic N) is 1. The van der Waals surface area contributed by atoms with E-state index in [2.05, 4.69) is 4.90 Å². The van der Waals surface area contributed by atoms with Gasteiger partial charge in [0.05, 0.1) is 30.0 Å². The van der Waals surface area contributed by atoms with Gasteiger partial charge in [-0.3, -0.25) is 0 Å². The summed E-state index contributed by atoms with van der Waals surface area (Å²) in [5, 5.41) is 19.3. The van der Waals surface area contributed by atoms with Crippen LogP contribution in [-0.2, 0) is 6.61 Å². The van der Waals surface area contributed by atoms with Gasteiger partial charge in [0.2, 0.25) is 0 Å². The summed E-state index contributed by atoms with van der Waals surface area (Å²) in [5.41, 5.74) is 1.70. The molecule has 1 aliphatic heterocycles. The largest absolute Gasteiger partial charge is 0.394 e. The zero-order valence-corrected chi connectivity index (χ0v) is 9.82. The Labute approximate surface area is 100 Å². The fourth-order valence-corrected chi connectivity index (χ4v) is 2.63. The van der Waals surface area contributed by atoms with Crippen molar-refractivity contribution >= 4 is 17.3 Å². The number of aliphatic hydroxyl groups is 2. The Kier molecular flexibility index (Phi) is 3.69. The molecule has 0 aromatic heterocycles. The molecule has 1 heterocycles. The molecular formula is C12H16ClNO2. The molecule has 3 nitrogen and oxygen atoms in total. The Morgan fingerprint density at radius 1 is 1.38 bits per heavy atom. The van der Waals surface area contributed by atoms with Gasteiger partial charge in [-0.25, -0.2) is 0 Å². The molecule has 0 radical (unpaired) electrons. The van der Waals surface area contributed by atoms with E-state index >= 15 is 0 Å². The van der Waals surface area contributed by atoms with Gasteiger partial charge < -0.3 is 15.1 Å². The quantitative estimate of drug-likeness (QED) is 0.848. The van der Waals surface area contributed by atoms with Crippen LogP contribution in [0.1, 0.15) is 18.4 Å². The van der Waals surface area contributed by atoms with Crippen molar-refractivity contribution < 1.29 is 10.2 Å². The Bertz CT molecular complexity index is 370. The summed E-state index contributed by atoms with van der Waals surface area (Å²) in [7, 11) is 0. The van der Waals surface area contributed by atoms with E-state index in [9.17, 15) is 10.2 Å². The van der Waals surface area contributed by atoms with Crippen molar-refractivity contribution in [3.8, 4) is 0 Å². The molecule has 0 saturated carbocycles. The molecule has 0 aliphatic carbocycles. The van der Waals surface area contributed by atoms with Crippen molar-refractivity contribution in [3.63, 3.8) is 0 Å². The Balaban J connectivity index is 2.38. The minimum Gasteiger partial charge on any atom is -0.394 e. The summed E-state index contributed by atoms with van der Waals surface area (Å²) in [6, 6.07) is 5.66. The lowest BCUT2D eigenvalue weighted by Crippen LogP contribution is -2.33. The highest BCUT2D eigenvalue weighted by atomic mass is 35.5. The standard InChI is InChI=1S/C12H16ClNO2/c13-11-5-1-3-9(7-15)12(11)14-6-2-4-10(14)8-16/h1,3,5,10,15-16H,2,4,6-8H2. The molecular weight excluding hydrogens is 226 g/mol. The summed E-state index contributed by atoms with van der Waals surface area (Å²) in [6.07, 6.45) is 2.04. The van der Waals surface area contributed by atoms with Gasteiger partial charge in [0.1, 0.15) is 0 Å². The third-order valence-corrected chi connectivity index (χ3v) is 3.42. The highest BCUT2D eigenvalue weighted by Gasteiger charge is 2.26. The van der Waals surface area contributed by atoms with E-state index in [4.69, 9.17) is 11.6 Å². The lowest BCUT2D eigenvalue weighted by molar-refractivity contribution is 0.264. The molecule has 2 N–H and O–H groups in total. The van der Waals surface area contributed by atoms with Crippen LogP contribution in [0.5, 0.6) is 0 Å². The van der Waals surface area contributed by atoms with Crippen LogP contribution in [0.4, 0.5) is 5.69 Å². The number of benzene rings is 1. The van der Waals surface area contributed by atoms with Gasteiger partial charge in [-0.1, -0.05) is 23.7 Å². The van der Waals surface area contributed by atoms with Crippen LogP contribution >= 0.6 is 11.6 Å². The van der Waals surface area contributed by atoms with E-state index in [0.717, 1.165) is 30.6 Å². The first-order chi connectivity index (χ1) is 7.77. The minimum atomic E-state index is -0.0233. The smallest absolute Gasteiger partial charge is 0.0702 e. The summed E-state index contributed by atoms with van der Waals surface area (Å²) in [5.74, 6) is 0. The number of hydrogen-bond donors (Lipinski definition) is 2. The number of aliphatic hydroxyl groups excluding tert-OH is 2. The maximum absolute atomic E-state index is 9.31. The summed E-state index contributed by atoms with van der Waals surface area (Å²) >= 11 is 6.18. The monoisotopic (exact) mass is 241 g/mol. The SMILES string of the molecule is OCc1cccc(Cl)c1N1CCCC1CO. The third-order valence-electron chi connectivity index (χ3n) is 3.12. The predicted molar refractivity (Wildman–Crippen MR) is 64.8 cm³/mol. The molecule has 2 rings (SSSR count). The zero-order valence-electron chi connectivity index (χ0n) is 9.06. The van der Waals surface area contributed by atoms with E-state index in [0.29, 0.717) is 5.02 Å². The van der Waals surface area contributed by atoms with Gasteiger partial charge in [-0.2, -0.15) is 0 Å². The average molecular weight is 242 g/mol. The van der Waals surface area contributed by atoms with Gasteiger partial charge in [0.15, 0.2) is 0 Å². The topological polar surface area (TPSA) is 43.7 Å². The molecule has 1 unspecified atom stereocenters. The second-order valence-electron chi connectivity index (χ2n) is 4.08. The van der Waals surface area contributed by atoms with E-state index in [1.165, 1.54) is 0 Å². The minimum absolute atomic E-state index is 0.0233. The number of halogens is 1. The van der Waals surface area contributed by atoms with Crippen molar-refractivity contribution in [2.75, 3.05) is 18.1 Å². The van der Waals surface area contributed by atoms with Crippen molar-refractivity contribution in [2.45, 2.75) is 25.5 Å². The molecule has 16 heavy (non-hydrogen) atoms. The van der Waals surface area contributed by atoms with Crippen LogP contribution < -0.4 is 4.90 Å². The maximum Gasteiger partial charge on any atom is 0.0702 e. The van der Waals surface area contributed by atoms with Gasteiger partial charge in [0.25, 0.3) is 0 Å². The lowest BCUT2D eigenvalue weighted by atomic mass is 10.1. The number of para-hydroxylation sites is 1. The first kappa shape index (κ1) is 11.7. The highest BCUT2D eigenvalue weighted by Crippen LogP contribution is 2.34. The lowest BCUT2D eigenvalue weighted by Gasteiger charge is -2.28. The Morgan fingerprint density at radius 3 is 2.88 bits per heavy atom. The van der Waals surface area contributed by atoms with E-state index < -0.39 is 0 Å². The Morgan fingerprint density at radius 2 is 2.19 bits per heavy atom. The second kappa shape index (κ2) is 5.04. The van der Waals surface area contributed by atoms with Gasteiger partial charge in [0, 0.05) is 12.1 Å². The normalized spacial score (nSPS) is 20.4. The average Bonchev–Trinajstić information content (AvgIpc) is 2.76. The third kappa shape index (κ3) is 2.03. The van der Waals surface area contributed by atoms with E-state index in [1.54, 1.807) is 0 Å². The molecule has 1 saturated heterocycles. The van der Waals surface area contributed by atoms with Crippen molar-refractivity contribution in [2.24, 2.45) is 0 Å². The van der Waals surface area contributed by atoms with Crippen molar-refractivity contribution in [3.05, 3.63) is 28.8 Å². The van der Waals surface area contributed by atoms with Crippen LogP contribution in [0, 0.1) is 0 Å². The fourth-order valence-electron chi connectivity index (χ4n) is 2.33. The predicted octanol–water partition coefficient (Wildman–Crippen LogP) is 1.79. The van der Waals surface area contributed by atoms with Gasteiger partial charge in [-0.05, 0) is 18.9 Å². The molecule has 1 fully saturated rings. The highest BCUT2D eigenvalue weighted by molar-refractivity contribution is 6.33. The molecule has 1 aromatic rings. The molecule has 88 valence electrons. The van der Waals surface area contributed by atoms with Crippen LogP contribution in [0.25, 0.3) is 0 Å². The van der Waals surface area contributed by atoms with Crippen LogP contribution in [0.15, 0.2) is 18.2 Å². The fraction of sp³-hybridized carbons (Fsp3) is 0.500. The molecule has 1 aromatic carbocycles. The summed E-state index contributed by atoms with van der Waals surface area (Å²) in [4.78, 5) is 2.11.